The van der Waals surface area contributed by atoms with Gasteiger partial charge in [0.05, 0.1) is 12.3 Å². The molecule has 2 saturated heterocycles. The molecule has 282 valence electrons. The van der Waals surface area contributed by atoms with Gasteiger partial charge in [-0.1, -0.05) is 41.9 Å². The maximum atomic E-state index is 11.5. The fraction of sp³-hybridized carbons (Fsp3) is 0.318. The van der Waals surface area contributed by atoms with Gasteiger partial charge in [-0.15, -0.1) is 22.7 Å². The van der Waals surface area contributed by atoms with Crippen LogP contribution in [0, 0.1) is 37.0 Å². The molecule has 8 nitrogen and oxygen atoms in total. The molecule has 11 heteroatoms. The minimum Gasteiger partial charge on any atom is -0.341 e. The van der Waals surface area contributed by atoms with Crippen LogP contribution < -0.4 is 4.90 Å². The molecule has 6 aromatic rings. The average Bonchev–Trinajstić information content (AvgIpc) is 3.75. The zero-order valence-corrected chi connectivity index (χ0v) is 34.6. The Morgan fingerprint density at radius 1 is 0.909 bits per heavy atom. The first kappa shape index (κ1) is 37.3. The summed E-state index contributed by atoms with van der Waals surface area (Å²) in [5.74, 6) is 0.873. The van der Waals surface area contributed by atoms with E-state index in [4.69, 9.17) is 22.4 Å². The molecule has 0 radical (unpaired) electrons. The number of amidine groups is 2. The summed E-state index contributed by atoms with van der Waals surface area (Å²) in [6.45, 7) is 18.2. The number of aliphatic imine (C=N–C) groups is 1. The molecule has 3 aliphatic rings. The molecule has 2 fully saturated rings. The van der Waals surface area contributed by atoms with E-state index in [2.05, 4.69) is 90.0 Å². The van der Waals surface area contributed by atoms with Crippen LogP contribution in [0.1, 0.15) is 53.5 Å². The highest BCUT2D eigenvalue weighted by atomic mass is 35.5. The van der Waals surface area contributed by atoms with Gasteiger partial charge in [0, 0.05) is 99.3 Å². The summed E-state index contributed by atoms with van der Waals surface area (Å²) in [6, 6.07) is 23.8. The molecular weight excluding hydrogens is 742 g/mol. The van der Waals surface area contributed by atoms with Crippen LogP contribution in [0.5, 0.6) is 0 Å². The number of nitrogens with one attached hydrogen (secondary N) is 2. The number of anilines is 1. The van der Waals surface area contributed by atoms with E-state index >= 15 is 0 Å². The van der Waals surface area contributed by atoms with Crippen LogP contribution in [0.2, 0.25) is 5.02 Å². The second kappa shape index (κ2) is 14.5. The second-order valence-electron chi connectivity index (χ2n) is 15.3. The van der Waals surface area contributed by atoms with Crippen molar-refractivity contribution in [3.63, 3.8) is 0 Å². The standard InChI is InChI=1S/C27H29N3OS.C17H17ClN4S/c1-4-30-24-8-5-20(12-28-14-27(15-28)16-29(17-27)19(3)31)10-23(24)22-7-6-21(11-25(22)30)26-9-18(2)13-32-26;1-9-10(2)23-17-15(9)16(12-4-6-13(18)7-5-12)21-8-14(20)22(17)11(3)19/h5-11,13H,4,12,14-17H2,1-3H3;4-7,19-20H,8H2,1-3H3. The Hall–Kier alpha value is -4.61. The molecular formula is C44H46ClN7OS2. The lowest BCUT2D eigenvalue weighted by atomic mass is 9.72. The van der Waals surface area contributed by atoms with E-state index in [0.29, 0.717) is 22.1 Å². The van der Waals surface area contributed by atoms with Gasteiger partial charge >= 0.3 is 0 Å². The third kappa shape index (κ3) is 6.84. The first-order valence-electron chi connectivity index (χ1n) is 18.8. The molecule has 0 unspecified atom stereocenters. The molecule has 55 heavy (non-hydrogen) atoms. The first-order chi connectivity index (χ1) is 26.3. The molecule has 3 aromatic heterocycles. The fourth-order valence-corrected chi connectivity index (χ4v) is 10.7. The number of aryl methyl sites for hydroxylation is 3. The van der Waals surface area contributed by atoms with Gasteiger partial charge in [0.25, 0.3) is 0 Å². The highest BCUT2D eigenvalue weighted by molar-refractivity contribution is 7.17. The lowest BCUT2D eigenvalue weighted by molar-refractivity contribution is -0.157. The fourth-order valence-electron chi connectivity index (χ4n) is 8.45. The molecule has 1 amide bonds. The summed E-state index contributed by atoms with van der Waals surface area (Å²) < 4.78 is 2.45. The molecule has 6 heterocycles. The lowest BCUT2D eigenvalue weighted by Crippen LogP contribution is -2.72. The van der Waals surface area contributed by atoms with Gasteiger partial charge < -0.3 is 9.47 Å². The third-order valence-electron chi connectivity index (χ3n) is 11.2. The number of aromatic nitrogens is 1. The van der Waals surface area contributed by atoms with E-state index in [1.54, 1.807) is 30.1 Å². The number of hydrogen-bond acceptors (Lipinski definition) is 7. The van der Waals surface area contributed by atoms with Gasteiger partial charge in [0.2, 0.25) is 5.91 Å². The van der Waals surface area contributed by atoms with Gasteiger partial charge in [0.1, 0.15) is 16.7 Å². The van der Waals surface area contributed by atoms with Gasteiger partial charge in [-0.2, -0.15) is 0 Å². The summed E-state index contributed by atoms with van der Waals surface area (Å²) in [5.41, 5.74) is 11.0. The van der Waals surface area contributed by atoms with Crippen LogP contribution in [0.15, 0.2) is 77.1 Å². The number of rotatable bonds is 5. The van der Waals surface area contributed by atoms with Crippen LogP contribution >= 0.6 is 34.3 Å². The van der Waals surface area contributed by atoms with E-state index in [9.17, 15) is 4.79 Å². The van der Waals surface area contributed by atoms with Crippen molar-refractivity contribution in [2.45, 2.75) is 54.6 Å². The van der Waals surface area contributed by atoms with Gasteiger partial charge in [0.15, 0.2) is 0 Å². The Morgan fingerprint density at radius 2 is 1.64 bits per heavy atom. The molecule has 0 aliphatic carbocycles. The Labute approximate surface area is 335 Å². The minimum atomic E-state index is 0.212. The number of carbonyl (C=O) groups is 1. The summed E-state index contributed by atoms with van der Waals surface area (Å²) in [4.78, 5) is 24.9. The Balaban J connectivity index is 0.000000165. The summed E-state index contributed by atoms with van der Waals surface area (Å²) in [5, 5.41) is 22.8. The van der Waals surface area contributed by atoms with Crippen molar-refractivity contribution in [3.8, 4) is 10.4 Å². The number of benzene rings is 3. The zero-order chi connectivity index (χ0) is 38.8. The SMILES string of the molecule is CC(=N)N1C(=N)CN=C(c2ccc(Cl)cc2)c2c1sc(C)c2C.CCn1c2ccc(CN3CC4(C3)CN(C(C)=O)C4)cc2c2ccc(-c3cc(C)cs3)cc21. The molecule has 1 spiro atoms. The quantitative estimate of drug-likeness (QED) is 0.135. The number of fused-ring (bicyclic) bond motifs is 4. The normalized spacial score (nSPS) is 16.3. The first-order valence-corrected chi connectivity index (χ1v) is 20.8. The number of likely N-dealkylation sites (tertiary alicyclic amines) is 2. The highest BCUT2D eigenvalue weighted by Gasteiger charge is 2.52. The summed E-state index contributed by atoms with van der Waals surface area (Å²) >= 11 is 9.43. The van der Waals surface area contributed by atoms with Gasteiger partial charge in [-0.05, 0) is 98.7 Å². The highest BCUT2D eigenvalue weighted by Crippen LogP contribution is 2.42. The predicted octanol–water partition coefficient (Wildman–Crippen LogP) is 10.2. The smallest absolute Gasteiger partial charge is 0.219 e. The van der Waals surface area contributed by atoms with Crippen molar-refractivity contribution in [2.75, 3.05) is 37.6 Å². The number of amides is 1. The average molecular weight is 788 g/mol. The van der Waals surface area contributed by atoms with E-state index in [1.807, 2.05) is 40.5 Å². The third-order valence-corrected chi connectivity index (χ3v) is 13.7. The number of carbonyl (C=O) groups excluding carboxylic acids is 1. The Kier molecular flexibility index (Phi) is 9.82. The maximum Gasteiger partial charge on any atom is 0.219 e. The second-order valence-corrected chi connectivity index (χ2v) is 17.9. The molecule has 3 aromatic carbocycles. The number of hydrogen-bond donors (Lipinski definition) is 2. The van der Waals surface area contributed by atoms with Crippen LogP contribution in [-0.2, 0) is 17.9 Å². The van der Waals surface area contributed by atoms with Crippen LogP contribution in [0.3, 0.4) is 0 Å². The zero-order valence-electron chi connectivity index (χ0n) is 32.2. The largest absolute Gasteiger partial charge is 0.341 e. The molecule has 2 N–H and O–H groups in total. The summed E-state index contributed by atoms with van der Waals surface area (Å²) in [6.07, 6.45) is 0. The van der Waals surface area contributed by atoms with E-state index in [-0.39, 0.29) is 12.5 Å². The van der Waals surface area contributed by atoms with Crippen LogP contribution in [0.25, 0.3) is 32.2 Å². The van der Waals surface area contributed by atoms with Crippen molar-refractivity contribution < 1.29 is 4.79 Å². The lowest BCUT2D eigenvalue weighted by Gasteiger charge is -2.60. The minimum absolute atomic E-state index is 0.212. The molecule has 0 atom stereocenters. The maximum absolute atomic E-state index is 11.5. The summed E-state index contributed by atoms with van der Waals surface area (Å²) in [7, 11) is 0. The van der Waals surface area contributed by atoms with Crippen LogP contribution in [-0.4, -0.2) is 70.4 Å². The van der Waals surface area contributed by atoms with E-state index in [1.165, 1.54) is 48.3 Å². The molecule has 3 aliphatic heterocycles. The number of thiophene rings is 2. The monoisotopic (exact) mass is 787 g/mol. The van der Waals surface area contributed by atoms with Crippen molar-refractivity contribution >= 4 is 84.4 Å². The van der Waals surface area contributed by atoms with Gasteiger partial charge in [-0.3, -0.25) is 30.4 Å². The Bertz CT molecular complexity index is 2530. The van der Waals surface area contributed by atoms with E-state index in [0.717, 1.165) is 66.7 Å². The van der Waals surface area contributed by atoms with Crippen molar-refractivity contribution in [1.29, 1.82) is 10.8 Å². The van der Waals surface area contributed by atoms with Crippen molar-refractivity contribution in [2.24, 2.45) is 10.4 Å². The molecule has 0 saturated carbocycles. The number of nitrogens with zero attached hydrogens (tertiary/aromatic N) is 5. The van der Waals surface area contributed by atoms with E-state index < -0.39 is 0 Å². The molecule has 0 bridgehead atoms. The van der Waals surface area contributed by atoms with Crippen LogP contribution in [0.4, 0.5) is 5.00 Å². The number of halogens is 1. The molecule has 9 rings (SSSR count). The Morgan fingerprint density at radius 3 is 2.29 bits per heavy atom. The predicted molar refractivity (Wildman–Crippen MR) is 232 cm³/mol. The van der Waals surface area contributed by atoms with Crippen molar-refractivity contribution in [1.82, 2.24) is 14.4 Å². The van der Waals surface area contributed by atoms with Gasteiger partial charge in [-0.25, -0.2) is 0 Å². The topological polar surface area (TPSA) is 91.8 Å². The van der Waals surface area contributed by atoms with Crippen molar-refractivity contribution in [3.05, 3.63) is 110 Å².